The van der Waals surface area contributed by atoms with E-state index in [0.717, 1.165) is 25.3 Å². The van der Waals surface area contributed by atoms with Crippen LogP contribution < -0.4 is 16.0 Å². The predicted molar refractivity (Wildman–Crippen MR) is 82.9 cm³/mol. The first kappa shape index (κ1) is 14.8. The highest BCUT2D eigenvalue weighted by Gasteiger charge is 2.28. The molecule has 110 valence electrons. The van der Waals surface area contributed by atoms with E-state index in [-0.39, 0.29) is 11.8 Å². The molecule has 3 N–H and O–H groups in total. The third kappa shape index (κ3) is 5.21. The fourth-order valence-corrected chi connectivity index (χ4v) is 2.39. The van der Waals surface area contributed by atoms with Crippen LogP contribution in [0.2, 0.25) is 0 Å². The fraction of sp³-hybridized carbons (Fsp3) is 0.571. The first-order valence-corrected chi connectivity index (χ1v) is 8.00. The van der Waals surface area contributed by atoms with Crippen molar-refractivity contribution in [3.05, 3.63) is 22.4 Å². The van der Waals surface area contributed by atoms with Gasteiger partial charge in [-0.15, -0.1) is 11.3 Å². The van der Waals surface area contributed by atoms with Gasteiger partial charge in [0, 0.05) is 30.4 Å². The molecule has 20 heavy (non-hydrogen) atoms. The lowest BCUT2D eigenvalue weighted by Crippen LogP contribution is -2.41. The first-order valence-electron chi connectivity index (χ1n) is 7.12. The lowest BCUT2D eigenvalue weighted by atomic mass is 10.4. The summed E-state index contributed by atoms with van der Waals surface area (Å²) in [6.07, 6.45) is 2.09. The van der Waals surface area contributed by atoms with Gasteiger partial charge >= 0.3 is 0 Å². The van der Waals surface area contributed by atoms with Crippen molar-refractivity contribution in [3.8, 4) is 0 Å². The Morgan fingerprint density at radius 3 is 2.80 bits per heavy atom. The standard InChI is InChI=1S/C14H22N4OS/c1-2-15-14(18-10-12-4-3-9-20-12)17-8-7-16-13(19)11-5-6-11/h3-4,9,11H,2,5-8,10H2,1H3,(H,16,19)(H2,15,17,18). The van der Waals surface area contributed by atoms with Crippen LogP contribution in [0.1, 0.15) is 24.6 Å². The number of thiophene rings is 1. The van der Waals surface area contributed by atoms with Crippen LogP contribution in [0.15, 0.2) is 22.5 Å². The van der Waals surface area contributed by atoms with Crippen molar-refractivity contribution in [2.24, 2.45) is 10.9 Å². The molecule has 0 aliphatic heterocycles. The van der Waals surface area contributed by atoms with Crippen molar-refractivity contribution < 1.29 is 4.79 Å². The van der Waals surface area contributed by atoms with Gasteiger partial charge in [-0.1, -0.05) is 6.07 Å². The number of amides is 1. The molecule has 1 aliphatic rings. The second-order valence-electron chi connectivity index (χ2n) is 4.77. The van der Waals surface area contributed by atoms with Crippen LogP contribution in [-0.4, -0.2) is 31.5 Å². The minimum Gasteiger partial charge on any atom is -0.357 e. The molecule has 0 unspecified atom stereocenters. The maximum atomic E-state index is 11.5. The van der Waals surface area contributed by atoms with Crippen molar-refractivity contribution in [2.45, 2.75) is 26.3 Å². The van der Waals surface area contributed by atoms with Gasteiger partial charge in [-0.3, -0.25) is 4.79 Å². The monoisotopic (exact) mass is 294 g/mol. The Morgan fingerprint density at radius 1 is 1.35 bits per heavy atom. The summed E-state index contributed by atoms with van der Waals surface area (Å²) in [5, 5.41) is 11.4. The molecule has 0 spiro atoms. The zero-order valence-electron chi connectivity index (χ0n) is 11.8. The topological polar surface area (TPSA) is 65.5 Å². The van der Waals surface area contributed by atoms with Gasteiger partial charge in [0.1, 0.15) is 0 Å². The first-order chi connectivity index (χ1) is 9.79. The van der Waals surface area contributed by atoms with E-state index in [1.165, 1.54) is 4.88 Å². The number of guanidine groups is 1. The minimum absolute atomic E-state index is 0.187. The highest BCUT2D eigenvalue weighted by atomic mass is 32.1. The smallest absolute Gasteiger partial charge is 0.223 e. The predicted octanol–water partition coefficient (Wildman–Crippen LogP) is 1.33. The van der Waals surface area contributed by atoms with Gasteiger partial charge in [0.2, 0.25) is 5.91 Å². The van der Waals surface area contributed by atoms with E-state index in [4.69, 9.17) is 0 Å². The SMILES string of the molecule is CCNC(=NCc1cccs1)NCCNC(=O)C1CC1. The molecule has 0 aromatic carbocycles. The summed E-state index contributed by atoms with van der Waals surface area (Å²) in [6.45, 7) is 4.87. The molecule has 1 aliphatic carbocycles. The van der Waals surface area contributed by atoms with Crippen LogP contribution >= 0.6 is 11.3 Å². The second kappa shape index (κ2) is 7.89. The van der Waals surface area contributed by atoms with Crippen molar-refractivity contribution in [2.75, 3.05) is 19.6 Å². The molecular formula is C14H22N4OS. The number of hydrogen-bond acceptors (Lipinski definition) is 3. The van der Waals surface area contributed by atoms with Crippen LogP contribution in [0.4, 0.5) is 0 Å². The van der Waals surface area contributed by atoms with Crippen LogP contribution in [0, 0.1) is 5.92 Å². The number of nitrogens with one attached hydrogen (secondary N) is 3. The molecule has 1 heterocycles. The molecule has 0 radical (unpaired) electrons. The Balaban J connectivity index is 1.68. The lowest BCUT2D eigenvalue weighted by molar-refractivity contribution is -0.122. The maximum absolute atomic E-state index is 11.5. The Kier molecular flexibility index (Phi) is 5.86. The second-order valence-corrected chi connectivity index (χ2v) is 5.80. The van der Waals surface area contributed by atoms with Gasteiger partial charge in [-0.05, 0) is 31.2 Å². The van der Waals surface area contributed by atoms with E-state index in [0.29, 0.717) is 19.6 Å². The third-order valence-electron chi connectivity index (χ3n) is 2.98. The molecular weight excluding hydrogens is 272 g/mol. The van der Waals surface area contributed by atoms with Gasteiger partial charge in [0.25, 0.3) is 0 Å². The van der Waals surface area contributed by atoms with Crippen molar-refractivity contribution >= 4 is 23.2 Å². The average molecular weight is 294 g/mol. The molecule has 1 fully saturated rings. The molecule has 0 atom stereocenters. The molecule has 2 rings (SSSR count). The number of carbonyl (C=O) groups excluding carboxylic acids is 1. The molecule has 1 amide bonds. The molecule has 1 saturated carbocycles. The van der Waals surface area contributed by atoms with Gasteiger partial charge in [-0.2, -0.15) is 0 Å². The van der Waals surface area contributed by atoms with E-state index in [1.54, 1.807) is 11.3 Å². The van der Waals surface area contributed by atoms with Gasteiger partial charge < -0.3 is 16.0 Å². The summed E-state index contributed by atoms with van der Waals surface area (Å²) < 4.78 is 0. The zero-order valence-corrected chi connectivity index (χ0v) is 12.6. The number of hydrogen-bond donors (Lipinski definition) is 3. The van der Waals surface area contributed by atoms with Crippen LogP contribution in [-0.2, 0) is 11.3 Å². The largest absolute Gasteiger partial charge is 0.357 e. The van der Waals surface area contributed by atoms with Gasteiger partial charge in [-0.25, -0.2) is 4.99 Å². The Morgan fingerprint density at radius 2 is 2.15 bits per heavy atom. The molecule has 0 bridgehead atoms. The van der Waals surface area contributed by atoms with E-state index in [2.05, 4.69) is 32.4 Å². The minimum atomic E-state index is 0.187. The summed E-state index contributed by atoms with van der Waals surface area (Å²) in [5.41, 5.74) is 0. The zero-order chi connectivity index (χ0) is 14.2. The van der Waals surface area contributed by atoms with Crippen molar-refractivity contribution in [1.82, 2.24) is 16.0 Å². The number of aliphatic imine (C=N–C) groups is 1. The number of nitrogens with zero attached hydrogens (tertiary/aromatic N) is 1. The summed E-state index contributed by atoms with van der Waals surface area (Å²) in [6, 6.07) is 4.11. The molecule has 5 nitrogen and oxygen atoms in total. The van der Waals surface area contributed by atoms with E-state index in [9.17, 15) is 4.79 Å². The molecule has 6 heteroatoms. The van der Waals surface area contributed by atoms with E-state index < -0.39 is 0 Å². The Labute approximate surface area is 123 Å². The normalized spacial score (nSPS) is 14.9. The fourth-order valence-electron chi connectivity index (χ4n) is 1.76. The van der Waals surface area contributed by atoms with Crippen LogP contribution in [0.5, 0.6) is 0 Å². The Hall–Kier alpha value is -1.56. The maximum Gasteiger partial charge on any atom is 0.223 e. The van der Waals surface area contributed by atoms with E-state index in [1.807, 2.05) is 13.0 Å². The van der Waals surface area contributed by atoms with Crippen molar-refractivity contribution in [1.29, 1.82) is 0 Å². The van der Waals surface area contributed by atoms with Gasteiger partial charge in [0.05, 0.1) is 6.54 Å². The highest BCUT2D eigenvalue weighted by molar-refractivity contribution is 7.09. The summed E-state index contributed by atoms with van der Waals surface area (Å²) in [4.78, 5) is 17.2. The lowest BCUT2D eigenvalue weighted by Gasteiger charge is -2.11. The molecule has 0 saturated heterocycles. The third-order valence-corrected chi connectivity index (χ3v) is 3.84. The van der Waals surface area contributed by atoms with Crippen LogP contribution in [0.3, 0.4) is 0 Å². The quantitative estimate of drug-likeness (QED) is 0.404. The van der Waals surface area contributed by atoms with Crippen LogP contribution in [0.25, 0.3) is 0 Å². The summed E-state index contributed by atoms with van der Waals surface area (Å²) in [5.74, 6) is 1.25. The highest BCUT2D eigenvalue weighted by Crippen LogP contribution is 2.28. The summed E-state index contributed by atoms with van der Waals surface area (Å²) >= 11 is 1.71. The van der Waals surface area contributed by atoms with E-state index >= 15 is 0 Å². The Bertz CT molecular complexity index is 440. The average Bonchev–Trinajstić information content (AvgIpc) is 3.17. The number of carbonyl (C=O) groups is 1. The molecule has 1 aromatic rings. The van der Waals surface area contributed by atoms with Gasteiger partial charge in [0.15, 0.2) is 5.96 Å². The summed E-state index contributed by atoms with van der Waals surface area (Å²) in [7, 11) is 0. The molecule has 1 aromatic heterocycles. The number of rotatable bonds is 7. The van der Waals surface area contributed by atoms with Crippen molar-refractivity contribution in [3.63, 3.8) is 0 Å².